The van der Waals surface area contributed by atoms with Crippen LogP contribution in [0, 0.1) is 5.41 Å². The maximum atomic E-state index is 12.6. The number of unbranched alkanes of at least 4 members (excludes halogenated alkanes) is 28. The Bertz CT molecular complexity index is 790. The van der Waals surface area contributed by atoms with E-state index in [4.69, 9.17) is 9.47 Å². The van der Waals surface area contributed by atoms with Crippen LogP contribution < -0.4 is 0 Å². The van der Waals surface area contributed by atoms with E-state index in [1.54, 1.807) is 0 Å². The van der Waals surface area contributed by atoms with Gasteiger partial charge < -0.3 is 19.7 Å². The molecule has 0 heterocycles. The molecule has 0 aliphatic heterocycles. The third-order valence-corrected chi connectivity index (χ3v) is 11.0. The van der Waals surface area contributed by atoms with Crippen molar-refractivity contribution in [3.05, 3.63) is 0 Å². The van der Waals surface area contributed by atoms with Gasteiger partial charge in [-0.25, -0.2) is 4.79 Å². The zero-order valence-corrected chi connectivity index (χ0v) is 34.9. The van der Waals surface area contributed by atoms with Gasteiger partial charge in [0.15, 0.2) is 5.60 Å². The normalized spacial score (nSPS) is 12.9. The molecule has 308 valence electrons. The molecule has 0 aromatic rings. The van der Waals surface area contributed by atoms with Crippen molar-refractivity contribution in [1.82, 2.24) is 0 Å². The molecule has 0 rings (SSSR count). The van der Waals surface area contributed by atoms with Gasteiger partial charge in [-0.05, 0) is 32.6 Å². The zero-order chi connectivity index (χ0) is 38.6. The van der Waals surface area contributed by atoms with Crippen molar-refractivity contribution in [2.75, 3.05) is 13.2 Å². The van der Waals surface area contributed by atoms with Gasteiger partial charge in [0.05, 0.1) is 0 Å². The summed E-state index contributed by atoms with van der Waals surface area (Å²) in [6.07, 6.45) is 38.6. The molecule has 0 amide bonds. The van der Waals surface area contributed by atoms with E-state index < -0.39 is 17.0 Å². The Morgan fingerprint density at radius 2 is 0.692 bits per heavy atom. The van der Waals surface area contributed by atoms with E-state index in [1.165, 1.54) is 161 Å². The maximum absolute atomic E-state index is 12.6. The second-order valence-electron chi connectivity index (χ2n) is 16.3. The molecule has 0 aliphatic rings. The summed E-state index contributed by atoms with van der Waals surface area (Å²) in [5, 5.41) is 20.2. The van der Waals surface area contributed by atoms with E-state index in [0.29, 0.717) is 19.3 Å². The van der Waals surface area contributed by atoms with Crippen LogP contribution in [0.15, 0.2) is 0 Å². The number of hydrogen-bond donors (Lipinski definition) is 2. The first kappa shape index (κ1) is 50.4. The molecule has 52 heavy (non-hydrogen) atoms. The molecule has 1 atom stereocenters. The van der Waals surface area contributed by atoms with Gasteiger partial charge in [0.1, 0.15) is 13.2 Å². The predicted octanol–water partition coefficient (Wildman–Crippen LogP) is 13.2. The summed E-state index contributed by atoms with van der Waals surface area (Å²) >= 11 is 0. The molecule has 2 N–H and O–H groups in total. The molecule has 0 radical (unpaired) electrons. The van der Waals surface area contributed by atoms with Crippen LogP contribution in [-0.4, -0.2) is 46.9 Å². The topological polar surface area (TPSA) is 110 Å². The van der Waals surface area contributed by atoms with Gasteiger partial charge in [-0.1, -0.05) is 201 Å². The smallest absolute Gasteiger partial charge is 0.335 e. The molecule has 0 aromatic carbocycles. The summed E-state index contributed by atoms with van der Waals surface area (Å²) in [6.45, 7) is 7.44. The number of carbonyl (C=O) groups is 3. The number of carbonyl (C=O) groups excluding carboxylic acids is 2. The molecule has 0 aliphatic carbocycles. The van der Waals surface area contributed by atoms with Crippen LogP contribution in [0.4, 0.5) is 0 Å². The van der Waals surface area contributed by atoms with Crippen LogP contribution in [0.25, 0.3) is 0 Å². The monoisotopic (exact) mass is 739 g/mol. The average molecular weight is 739 g/mol. The first-order chi connectivity index (χ1) is 25.1. The molecule has 7 heteroatoms. The second-order valence-corrected chi connectivity index (χ2v) is 16.3. The average Bonchev–Trinajstić information content (AvgIpc) is 3.12. The number of aliphatic hydroxyl groups is 1. The van der Waals surface area contributed by atoms with Crippen molar-refractivity contribution in [1.29, 1.82) is 0 Å². The minimum atomic E-state index is -2.03. The van der Waals surface area contributed by atoms with Crippen molar-refractivity contribution in [3.8, 4) is 0 Å². The molecule has 7 nitrogen and oxygen atoms in total. The highest BCUT2D eigenvalue weighted by Crippen LogP contribution is 2.34. The number of carboxylic acid groups (broad SMARTS) is 1. The molecule has 1 unspecified atom stereocenters. The first-order valence-corrected chi connectivity index (χ1v) is 22.4. The maximum Gasteiger partial charge on any atom is 0.335 e. The van der Waals surface area contributed by atoms with Crippen LogP contribution in [0.1, 0.15) is 246 Å². The van der Waals surface area contributed by atoms with Gasteiger partial charge in [-0.15, -0.1) is 0 Å². The lowest BCUT2D eigenvalue weighted by atomic mass is 9.76. The molecule has 0 saturated carbocycles. The molecule has 0 fully saturated rings. The Kier molecular flexibility index (Phi) is 34.0. The highest BCUT2D eigenvalue weighted by molar-refractivity contribution is 5.76. The summed E-state index contributed by atoms with van der Waals surface area (Å²) < 4.78 is 11.3. The number of aliphatic carboxylic acids is 1. The van der Waals surface area contributed by atoms with E-state index in [1.807, 2.05) is 6.92 Å². The van der Waals surface area contributed by atoms with Gasteiger partial charge >= 0.3 is 17.9 Å². The number of esters is 2. The lowest BCUT2D eigenvalue weighted by Gasteiger charge is -2.36. The largest absolute Gasteiger partial charge is 0.479 e. The highest BCUT2D eigenvalue weighted by Gasteiger charge is 2.43. The minimum absolute atomic E-state index is 0.0866. The van der Waals surface area contributed by atoms with Crippen LogP contribution in [0.5, 0.6) is 0 Å². The van der Waals surface area contributed by atoms with Crippen LogP contribution in [-0.2, 0) is 23.9 Å². The number of carboxylic acids is 1. The fourth-order valence-electron chi connectivity index (χ4n) is 7.17. The Morgan fingerprint density at radius 3 is 0.923 bits per heavy atom. The Hall–Kier alpha value is -1.63. The lowest BCUT2D eigenvalue weighted by molar-refractivity contribution is -0.168. The molecule has 0 bridgehead atoms. The summed E-state index contributed by atoms with van der Waals surface area (Å²) in [6, 6.07) is 0. The number of hydrogen-bond acceptors (Lipinski definition) is 6. The molecule has 0 spiro atoms. The molecule has 0 saturated heterocycles. The van der Waals surface area contributed by atoms with Gasteiger partial charge in [-0.3, -0.25) is 9.59 Å². The Morgan fingerprint density at radius 1 is 0.442 bits per heavy atom. The molecular formula is C45H86O7. The van der Waals surface area contributed by atoms with Crippen LogP contribution in [0.3, 0.4) is 0 Å². The van der Waals surface area contributed by atoms with Crippen molar-refractivity contribution in [2.24, 2.45) is 5.41 Å². The van der Waals surface area contributed by atoms with Gasteiger partial charge in [0, 0.05) is 18.3 Å². The quantitative estimate of drug-likeness (QED) is 0.0475. The first-order valence-electron chi connectivity index (χ1n) is 22.4. The Balaban J connectivity index is 4.24. The van der Waals surface area contributed by atoms with Crippen molar-refractivity contribution in [3.63, 3.8) is 0 Å². The SMILES string of the molecule is CCCCCCCCCCCCCCCCCC(=O)OCC(CC)(COC(=O)CCCCCCCCCCCCCCCCC)CC(C)(O)C(=O)O. The van der Waals surface area contributed by atoms with Gasteiger partial charge in [-0.2, -0.15) is 0 Å². The molecule has 0 aromatic heterocycles. The standard InChI is InChI=1S/C45H86O7/c1-5-8-10-12-14-16-18-20-22-24-26-28-30-32-34-36-41(46)51-39-45(7-3,38-44(4,50)43(48)49)40-52-42(47)37-35-33-31-29-27-25-23-21-19-17-15-13-11-9-6-2/h50H,5-40H2,1-4H3,(H,48,49). The van der Waals surface area contributed by atoms with Gasteiger partial charge in [0.25, 0.3) is 0 Å². The summed E-state index contributed by atoms with van der Waals surface area (Å²) in [4.78, 5) is 37.0. The van der Waals surface area contributed by atoms with E-state index in [2.05, 4.69) is 13.8 Å². The molecular weight excluding hydrogens is 652 g/mol. The minimum Gasteiger partial charge on any atom is -0.479 e. The van der Waals surface area contributed by atoms with E-state index in [9.17, 15) is 24.6 Å². The highest BCUT2D eigenvalue weighted by atomic mass is 16.5. The van der Waals surface area contributed by atoms with E-state index >= 15 is 0 Å². The Labute approximate surface area is 321 Å². The fraction of sp³-hybridized carbons (Fsp3) is 0.933. The predicted molar refractivity (Wildman–Crippen MR) is 217 cm³/mol. The van der Waals surface area contributed by atoms with Crippen molar-refractivity contribution >= 4 is 17.9 Å². The zero-order valence-electron chi connectivity index (χ0n) is 34.9. The second kappa shape index (κ2) is 35.1. The fourth-order valence-corrected chi connectivity index (χ4v) is 7.17. The van der Waals surface area contributed by atoms with Crippen LogP contribution in [0.2, 0.25) is 0 Å². The lowest BCUT2D eigenvalue weighted by Crippen LogP contribution is -2.45. The van der Waals surface area contributed by atoms with Crippen LogP contribution >= 0.6 is 0 Å². The third kappa shape index (κ3) is 30.8. The van der Waals surface area contributed by atoms with E-state index in [-0.39, 0.29) is 31.6 Å². The summed E-state index contributed by atoms with van der Waals surface area (Å²) in [5.74, 6) is -2.00. The summed E-state index contributed by atoms with van der Waals surface area (Å²) in [7, 11) is 0. The number of ether oxygens (including phenoxy) is 2. The van der Waals surface area contributed by atoms with Crippen molar-refractivity contribution in [2.45, 2.75) is 252 Å². The van der Waals surface area contributed by atoms with Crippen molar-refractivity contribution < 1.29 is 34.1 Å². The van der Waals surface area contributed by atoms with E-state index in [0.717, 1.165) is 38.5 Å². The van der Waals surface area contributed by atoms with Gasteiger partial charge in [0.2, 0.25) is 0 Å². The summed E-state index contributed by atoms with van der Waals surface area (Å²) in [5.41, 5.74) is -3.01. The number of rotatable bonds is 40. The third-order valence-electron chi connectivity index (χ3n) is 11.0.